The number of ether oxygens (including phenoxy) is 3. The highest BCUT2D eigenvalue weighted by atomic mass is 16.7. The minimum atomic E-state index is -1.65. The molecular formula is C12H20O10. The Balaban J connectivity index is 2.08. The second-order valence-corrected chi connectivity index (χ2v) is 5.29. The molecule has 0 aliphatic carbocycles. The highest BCUT2D eigenvalue weighted by molar-refractivity contribution is 5.57. The van der Waals surface area contributed by atoms with E-state index in [0.717, 1.165) is 0 Å². The highest BCUT2D eigenvalue weighted by Gasteiger charge is 2.49. The third-order valence-electron chi connectivity index (χ3n) is 3.78. The summed E-state index contributed by atoms with van der Waals surface area (Å²) < 4.78 is 15.5. The molecule has 2 aliphatic heterocycles. The largest absolute Gasteiger partial charge is 0.394 e. The van der Waals surface area contributed by atoms with Crippen molar-refractivity contribution in [1.82, 2.24) is 0 Å². The van der Waals surface area contributed by atoms with E-state index in [1.165, 1.54) is 0 Å². The average Bonchev–Trinajstić information content (AvgIpc) is 2.88. The second-order valence-electron chi connectivity index (χ2n) is 5.29. The van der Waals surface area contributed by atoms with Crippen molar-refractivity contribution < 1.29 is 49.6 Å². The molecule has 0 saturated carbocycles. The maximum Gasteiger partial charge on any atom is 0.187 e. The molecule has 0 aromatic heterocycles. The fraction of sp³-hybridized carbons (Fsp3) is 0.917. The van der Waals surface area contributed by atoms with Crippen LogP contribution in [0.1, 0.15) is 0 Å². The molecule has 6 N–H and O–H groups in total. The van der Waals surface area contributed by atoms with Gasteiger partial charge in [-0.3, -0.25) is 0 Å². The molecule has 0 bridgehead atoms. The summed E-state index contributed by atoms with van der Waals surface area (Å²) in [6.45, 7) is -0.827. The van der Waals surface area contributed by atoms with Gasteiger partial charge in [-0.2, -0.15) is 0 Å². The van der Waals surface area contributed by atoms with Gasteiger partial charge < -0.3 is 49.6 Å². The Kier molecular flexibility index (Phi) is 5.82. The van der Waals surface area contributed by atoms with Crippen LogP contribution in [0.25, 0.3) is 0 Å². The Morgan fingerprint density at radius 2 is 1.86 bits per heavy atom. The van der Waals surface area contributed by atoms with Crippen LogP contribution in [-0.4, -0.2) is 105 Å². The van der Waals surface area contributed by atoms with Gasteiger partial charge in [0, 0.05) is 0 Å². The maximum absolute atomic E-state index is 10.6. The third kappa shape index (κ3) is 3.30. The van der Waals surface area contributed by atoms with Crippen LogP contribution in [0.15, 0.2) is 0 Å². The molecule has 0 radical (unpaired) electrons. The number of rotatable bonds is 5. The first kappa shape index (κ1) is 17.7. The quantitative estimate of drug-likeness (QED) is 0.271. The van der Waals surface area contributed by atoms with Crippen molar-refractivity contribution in [2.24, 2.45) is 0 Å². The van der Waals surface area contributed by atoms with Gasteiger partial charge in [0.2, 0.25) is 0 Å². The summed E-state index contributed by atoms with van der Waals surface area (Å²) in [7, 11) is 0. The van der Waals surface area contributed by atoms with Gasteiger partial charge in [0.05, 0.1) is 13.2 Å². The van der Waals surface area contributed by atoms with Crippen LogP contribution in [0.2, 0.25) is 0 Å². The number of aliphatic hydroxyl groups is 6. The van der Waals surface area contributed by atoms with Gasteiger partial charge in [0.1, 0.15) is 48.8 Å². The zero-order valence-electron chi connectivity index (χ0n) is 11.5. The number of hydrogen-bond acceptors (Lipinski definition) is 10. The van der Waals surface area contributed by atoms with Crippen LogP contribution in [0, 0.1) is 0 Å². The summed E-state index contributed by atoms with van der Waals surface area (Å²) in [5.41, 5.74) is 0. The number of carbonyl (C=O) groups is 1. The first-order valence-corrected chi connectivity index (χ1v) is 6.79. The lowest BCUT2D eigenvalue weighted by Gasteiger charge is -2.41. The summed E-state index contributed by atoms with van der Waals surface area (Å²) >= 11 is 0. The number of carbonyl (C=O) groups excluding carboxylic acids is 1. The van der Waals surface area contributed by atoms with E-state index in [1.54, 1.807) is 0 Å². The van der Waals surface area contributed by atoms with E-state index in [0.29, 0.717) is 0 Å². The molecule has 10 heteroatoms. The van der Waals surface area contributed by atoms with Gasteiger partial charge in [0.15, 0.2) is 12.6 Å². The Morgan fingerprint density at radius 3 is 2.45 bits per heavy atom. The summed E-state index contributed by atoms with van der Waals surface area (Å²) in [5, 5.41) is 57.6. The van der Waals surface area contributed by atoms with E-state index in [9.17, 15) is 30.3 Å². The first-order valence-electron chi connectivity index (χ1n) is 6.79. The first-order chi connectivity index (χ1) is 10.4. The minimum Gasteiger partial charge on any atom is -0.394 e. The van der Waals surface area contributed by atoms with Crippen LogP contribution in [-0.2, 0) is 19.0 Å². The Hall–Kier alpha value is -0.690. The molecule has 2 aliphatic rings. The standard InChI is InChI=1S/C12H20O10/c13-1-4(15)10-11(5(16)3-20-10)22-12-9(19)8(18)7(17)6(2-14)21-12/h1,4-12,14-19H,2-3H2/t4-,5+,6+,7-,8-,9+,10+,11-,12?/m0/s1. The van der Waals surface area contributed by atoms with E-state index >= 15 is 0 Å². The Bertz CT molecular complexity index is 377. The predicted octanol–water partition coefficient (Wildman–Crippen LogP) is -4.51. The van der Waals surface area contributed by atoms with Gasteiger partial charge in [0.25, 0.3) is 0 Å². The number of aliphatic hydroxyl groups excluding tert-OH is 6. The lowest BCUT2D eigenvalue weighted by Crippen LogP contribution is -2.60. The highest BCUT2D eigenvalue weighted by Crippen LogP contribution is 2.27. The van der Waals surface area contributed by atoms with Crippen LogP contribution in [0.5, 0.6) is 0 Å². The fourth-order valence-corrected chi connectivity index (χ4v) is 2.49. The Morgan fingerprint density at radius 1 is 1.18 bits per heavy atom. The van der Waals surface area contributed by atoms with Crippen LogP contribution in [0.3, 0.4) is 0 Å². The lowest BCUT2D eigenvalue weighted by molar-refractivity contribution is -0.318. The SMILES string of the molecule is O=C[C@H](O)[C@H]1OC[C@@H](O)[C@@H]1OC1O[C@H](CO)[C@H](O)[C@H](O)[C@H]1O. The topological polar surface area (TPSA) is 166 Å². The minimum absolute atomic E-state index is 0.197. The molecule has 2 heterocycles. The third-order valence-corrected chi connectivity index (χ3v) is 3.78. The van der Waals surface area contributed by atoms with Crippen molar-refractivity contribution in [2.75, 3.05) is 13.2 Å². The maximum atomic E-state index is 10.6. The molecular weight excluding hydrogens is 304 g/mol. The van der Waals surface area contributed by atoms with E-state index in [-0.39, 0.29) is 12.9 Å². The van der Waals surface area contributed by atoms with Gasteiger partial charge in [-0.25, -0.2) is 0 Å². The van der Waals surface area contributed by atoms with Crippen molar-refractivity contribution in [3.05, 3.63) is 0 Å². The van der Waals surface area contributed by atoms with E-state index in [2.05, 4.69) is 0 Å². The monoisotopic (exact) mass is 324 g/mol. The summed E-state index contributed by atoms with van der Waals surface area (Å²) in [6, 6.07) is 0. The molecule has 22 heavy (non-hydrogen) atoms. The van der Waals surface area contributed by atoms with Gasteiger partial charge in [-0.15, -0.1) is 0 Å². The van der Waals surface area contributed by atoms with Crippen LogP contribution in [0.4, 0.5) is 0 Å². The molecule has 0 aromatic rings. The summed E-state index contributed by atoms with van der Waals surface area (Å²) in [6.07, 6.45) is -12.4. The van der Waals surface area contributed by atoms with Crippen molar-refractivity contribution in [3.8, 4) is 0 Å². The summed E-state index contributed by atoms with van der Waals surface area (Å²) in [4.78, 5) is 10.6. The second kappa shape index (κ2) is 7.25. The molecule has 2 saturated heterocycles. The van der Waals surface area contributed by atoms with E-state index < -0.39 is 61.7 Å². The van der Waals surface area contributed by atoms with Crippen molar-refractivity contribution in [2.45, 2.75) is 55.1 Å². The normalized spacial score (nSPS) is 47.4. The fourth-order valence-electron chi connectivity index (χ4n) is 2.49. The van der Waals surface area contributed by atoms with Crippen LogP contribution >= 0.6 is 0 Å². The molecule has 1 unspecified atom stereocenters. The van der Waals surface area contributed by atoms with E-state index in [4.69, 9.17) is 19.3 Å². The molecule has 2 rings (SSSR count). The zero-order chi connectivity index (χ0) is 16.4. The average molecular weight is 324 g/mol. The molecule has 128 valence electrons. The van der Waals surface area contributed by atoms with Gasteiger partial charge >= 0.3 is 0 Å². The number of hydrogen-bond donors (Lipinski definition) is 6. The lowest BCUT2D eigenvalue weighted by atomic mass is 9.99. The summed E-state index contributed by atoms with van der Waals surface area (Å²) in [5.74, 6) is 0. The molecule has 0 amide bonds. The molecule has 10 nitrogen and oxygen atoms in total. The molecule has 2 fully saturated rings. The van der Waals surface area contributed by atoms with Crippen LogP contribution < -0.4 is 0 Å². The van der Waals surface area contributed by atoms with Crippen molar-refractivity contribution in [1.29, 1.82) is 0 Å². The zero-order valence-corrected chi connectivity index (χ0v) is 11.5. The smallest absolute Gasteiger partial charge is 0.187 e. The number of aldehydes is 1. The predicted molar refractivity (Wildman–Crippen MR) is 66.5 cm³/mol. The molecule has 9 atom stereocenters. The van der Waals surface area contributed by atoms with Crippen molar-refractivity contribution in [3.63, 3.8) is 0 Å². The molecule has 0 aromatic carbocycles. The van der Waals surface area contributed by atoms with Gasteiger partial charge in [-0.05, 0) is 0 Å². The van der Waals surface area contributed by atoms with Crippen molar-refractivity contribution >= 4 is 6.29 Å². The van der Waals surface area contributed by atoms with Gasteiger partial charge in [-0.1, -0.05) is 0 Å². The Labute approximate surface area is 125 Å². The molecule has 0 spiro atoms. The van der Waals surface area contributed by atoms with E-state index in [1.807, 2.05) is 0 Å².